The monoisotopic (exact) mass is 239 g/mol. The second kappa shape index (κ2) is 5.07. The van der Waals surface area contributed by atoms with Gasteiger partial charge in [-0.25, -0.2) is 0 Å². The van der Waals surface area contributed by atoms with Crippen molar-refractivity contribution >= 4 is 11.9 Å². The van der Waals surface area contributed by atoms with Crippen LogP contribution < -0.4 is 0 Å². The Hall–Kier alpha value is -1.06. The molecule has 0 atom stereocenters. The molecule has 2 aliphatic carbocycles. The molecular weight excluding hydrogens is 218 g/mol. The highest BCUT2D eigenvalue weighted by atomic mass is 16.5. The molecule has 96 valence electrons. The minimum absolute atomic E-state index is 0.0423. The summed E-state index contributed by atoms with van der Waals surface area (Å²) < 4.78 is 4.76. The maximum absolute atomic E-state index is 11.9. The van der Waals surface area contributed by atoms with E-state index in [0.29, 0.717) is 17.9 Å². The topological polar surface area (TPSA) is 46.6 Å². The molecule has 2 aliphatic rings. The smallest absolute Gasteiger partial charge is 0.308 e. The van der Waals surface area contributed by atoms with Gasteiger partial charge < -0.3 is 9.64 Å². The second-order valence-corrected chi connectivity index (χ2v) is 5.25. The van der Waals surface area contributed by atoms with E-state index in [9.17, 15) is 9.59 Å². The molecule has 0 aliphatic heterocycles. The van der Waals surface area contributed by atoms with Crippen molar-refractivity contribution in [2.24, 2.45) is 11.8 Å². The molecule has 0 spiro atoms. The summed E-state index contributed by atoms with van der Waals surface area (Å²) in [7, 11) is 3.35. The van der Waals surface area contributed by atoms with Gasteiger partial charge in [-0.05, 0) is 38.5 Å². The number of rotatable bonds is 3. The van der Waals surface area contributed by atoms with Gasteiger partial charge in [0.25, 0.3) is 0 Å². The third-order valence-electron chi connectivity index (χ3n) is 4.05. The van der Waals surface area contributed by atoms with Crippen LogP contribution in [0.1, 0.15) is 38.5 Å². The lowest BCUT2D eigenvalue weighted by Crippen LogP contribution is -2.41. The highest BCUT2D eigenvalue weighted by Gasteiger charge is 2.36. The number of hydrogen-bond acceptors (Lipinski definition) is 3. The van der Waals surface area contributed by atoms with Crippen molar-refractivity contribution in [3.63, 3.8) is 0 Å². The summed E-state index contributed by atoms with van der Waals surface area (Å²) in [5, 5.41) is 0. The molecule has 0 unspecified atom stereocenters. The molecule has 0 aromatic carbocycles. The molecule has 17 heavy (non-hydrogen) atoms. The molecule has 2 rings (SSSR count). The van der Waals surface area contributed by atoms with Gasteiger partial charge >= 0.3 is 5.97 Å². The van der Waals surface area contributed by atoms with Crippen LogP contribution in [0.2, 0.25) is 0 Å². The van der Waals surface area contributed by atoms with Gasteiger partial charge in [0.1, 0.15) is 0 Å². The van der Waals surface area contributed by atoms with E-state index in [-0.39, 0.29) is 11.9 Å². The normalized spacial score (nSPS) is 28.6. The van der Waals surface area contributed by atoms with Gasteiger partial charge in [-0.3, -0.25) is 9.59 Å². The lowest BCUT2D eigenvalue weighted by Gasteiger charge is -2.33. The zero-order valence-electron chi connectivity index (χ0n) is 10.6. The summed E-state index contributed by atoms with van der Waals surface area (Å²) in [6.07, 6.45) is 5.66. The predicted molar refractivity (Wildman–Crippen MR) is 63.3 cm³/mol. The first-order valence-electron chi connectivity index (χ1n) is 6.48. The number of methoxy groups -OCH3 is 1. The van der Waals surface area contributed by atoms with Crippen LogP contribution in [0.3, 0.4) is 0 Å². The van der Waals surface area contributed by atoms with Crippen LogP contribution in [0.4, 0.5) is 0 Å². The van der Waals surface area contributed by atoms with Crippen LogP contribution in [0.5, 0.6) is 0 Å². The Kier molecular flexibility index (Phi) is 3.69. The number of hydrogen-bond donors (Lipinski definition) is 0. The standard InChI is InChI=1S/C13H21NO3/c1-14(12(15)9-3-4-9)11-7-5-10(6-8-11)13(16)17-2/h9-11H,3-8H2,1-2H3. The van der Waals surface area contributed by atoms with Crippen molar-refractivity contribution in [1.29, 1.82) is 0 Å². The van der Waals surface area contributed by atoms with E-state index in [2.05, 4.69) is 0 Å². The van der Waals surface area contributed by atoms with Crippen LogP contribution in [0, 0.1) is 11.8 Å². The Bertz CT molecular complexity index is 304. The Balaban J connectivity index is 1.81. The highest BCUT2D eigenvalue weighted by molar-refractivity contribution is 5.81. The van der Waals surface area contributed by atoms with Crippen LogP contribution >= 0.6 is 0 Å². The van der Waals surface area contributed by atoms with Gasteiger partial charge in [-0.15, -0.1) is 0 Å². The minimum atomic E-state index is -0.0976. The quantitative estimate of drug-likeness (QED) is 0.703. The summed E-state index contributed by atoms with van der Waals surface area (Å²) >= 11 is 0. The van der Waals surface area contributed by atoms with Crippen molar-refractivity contribution in [3.05, 3.63) is 0 Å². The summed E-state index contributed by atoms with van der Waals surface area (Å²) in [6.45, 7) is 0. The van der Waals surface area contributed by atoms with Gasteiger partial charge in [-0.2, -0.15) is 0 Å². The van der Waals surface area contributed by atoms with Crippen LogP contribution in [-0.2, 0) is 14.3 Å². The van der Waals surface area contributed by atoms with E-state index in [1.165, 1.54) is 7.11 Å². The van der Waals surface area contributed by atoms with E-state index in [1.54, 1.807) is 0 Å². The minimum Gasteiger partial charge on any atom is -0.469 e. The maximum Gasteiger partial charge on any atom is 0.308 e. The molecule has 2 fully saturated rings. The van der Waals surface area contributed by atoms with Gasteiger partial charge in [0.05, 0.1) is 13.0 Å². The molecule has 4 heteroatoms. The largest absolute Gasteiger partial charge is 0.469 e. The van der Waals surface area contributed by atoms with Crippen LogP contribution in [0.25, 0.3) is 0 Å². The van der Waals surface area contributed by atoms with Crippen molar-refractivity contribution in [2.45, 2.75) is 44.6 Å². The average Bonchev–Trinajstić information content (AvgIpc) is 3.20. The molecule has 0 N–H and O–H groups in total. The summed E-state index contributed by atoms with van der Waals surface area (Å²) in [5.74, 6) is 0.533. The van der Waals surface area contributed by atoms with Gasteiger partial charge in [0.2, 0.25) is 5.91 Å². The Morgan fingerprint density at radius 1 is 1.00 bits per heavy atom. The molecule has 0 aromatic heterocycles. The number of ether oxygens (including phenoxy) is 1. The van der Waals surface area contributed by atoms with Crippen LogP contribution in [-0.4, -0.2) is 37.0 Å². The third kappa shape index (κ3) is 2.79. The number of nitrogens with zero attached hydrogens (tertiary/aromatic N) is 1. The Labute approximate surface area is 102 Å². The zero-order chi connectivity index (χ0) is 12.4. The number of esters is 1. The van der Waals surface area contributed by atoms with Crippen molar-refractivity contribution in [2.75, 3.05) is 14.2 Å². The molecule has 0 bridgehead atoms. The van der Waals surface area contributed by atoms with Crippen LogP contribution in [0.15, 0.2) is 0 Å². The maximum atomic E-state index is 11.9. The lowest BCUT2D eigenvalue weighted by atomic mass is 9.85. The first-order valence-corrected chi connectivity index (χ1v) is 6.48. The molecule has 0 saturated heterocycles. The lowest BCUT2D eigenvalue weighted by molar-refractivity contribution is -0.147. The van der Waals surface area contributed by atoms with Gasteiger partial charge in [0.15, 0.2) is 0 Å². The van der Waals surface area contributed by atoms with E-state index >= 15 is 0 Å². The summed E-state index contributed by atoms with van der Waals surface area (Å²) in [4.78, 5) is 25.2. The fourth-order valence-electron chi connectivity index (χ4n) is 2.66. The molecule has 1 amide bonds. The number of carbonyl (C=O) groups excluding carboxylic acids is 2. The fraction of sp³-hybridized carbons (Fsp3) is 0.846. The Morgan fingerprint density at radius 3 is 2.00 bits per heavy atom. The molecule has 0 heterocycles. The van der Waals surface area contributed by atoms with E-state index in [0.717, 1.165) is 38.5 Å². The summed E-state index contributed by atoms with van der Waals surface area (Å²) in [5.41, 5.74) is 0. The second-order valence-electron chi connectivity index (χ2n) is 5.25. The first kappa shape index (κ1) is 12.4. The van der Waals surface area contributed by atoms with Gasteiger partial charge in [0, 0.05) is 19.0 Å². The molecular formula is C13H21NO3. The molecule has 2 saturated carbocycles. The molecule has 4 nitrogen and oxygen atoms in total. The average molecular weight is 239 g/mol. The van der Waals surface area contributed by atoms with E-state index < -0.39 is 0 Å². The third-order valence-corrected chi connectivity index (χ3v) is 4.05. The van der Waals surface area contributed by atoms with Crippen molar-refractivity contribution in [1.82, 2.24) is 4.90 Å². The van der Waals surface area contributed by atoms with Crippen molar-refractivity contribution < 1.29 is 14.3 Å². The SMILES string of the molecule is COC(=O)C1CCC(N(C)C(=O)C2CC2)CC1. The molecule has 0 aromatic rings. The summed E-state index contributed by atoms with van der Waals surface area (Å²) in [6, 6.07) is 0.323. The number of amides is 1. The van der Waals surface area contributed by atoms with E-state index in [4.69, 9.17) is 4.74 Å². The zero-order valence-corrected chi connectivity index (χ0v) is 10.6. The van der Waals surface area contributed by atoms with Crippen molar-refractivity contribution in [3.8, 4) is 0 Å². The van der Waals surface area contributed by atoms with Gasteiger partial charge in [-0.1, -0.05) is 0 Å². The highest BCUT2D eigenvalue weighted by Crippen LogP contribution is 2.34. The Morgan fingerprint density at radius 2 is 1.53 bits per heavy atom. The van der Waals surface area contributed by atoms with E-state index in [1.807, 2.05) is 11.9 Å². The number of carbonyl (C=O) groups is 2. The first-order chi connectivity index (χ1) is 8.13. The molecule has 0 radical (unpaired) electrons. The fourth-order valence-corrected chi connectivity index (χ4v) is 2.66. The predicted octanol–water partition coefficient (Wildman–Crippen LogP) is 1.59.